The molecule has 0 bridgehead atoms. The molecule has 1 aromatic rings. The first-order valence-electron chi connectivity index (χ1n) is 7.14. The maximum absolute atomic E-state index is 5.57. The fourth-order valence-corrected chi connectivity index (χ4v) is 2.64. The van der Waals surface area contributed by atoms with Crippen LogP contribution in [0.3, 0.4) is 0 Å². The van der Waals surface area contributed by atoms with Crippen LogP contribution in [0, 0.1) is 0 Å². The van der Waals surface area contributed by atoms with E-state index in [-0.39, 0.29) is 18.1 Å². The summed E-state index contributed by atoms with van der Waals surface area (Å²) < 4.78 is 16.5. The number of hydrogen-bond donors (Lipinski definition) is 1. The molecule has 1 aromatic heterocycles. The van der Waals surface area contributed by atoms with Crippen molar-refractivity contribution < 1.29 is 14.0 Å². The molecule has 6 nitrogen and oxygen atoms in total. The van der Waals surface area contributed by atoms with Crippen LogP contribution in [-0.4, -0.2) is 42.5 Å². The summed E-state index contributed by atoms with van der Waals surface area (Å²) in [6.07, 6.45) is 3.18. The molecular weight excluding hydrogens is 246 g/mol. The molecule has 2 aliphatic heterocycles. The highest BCUT2D eigenvalue weighted by Crippen LogP contribution is 2.29. The number of rotatable bonds is 5. The van der Waals surface area contributed by atoms with E-state index in [0.29, 0.717) is 24.9 Å². The number of hydrogen-bond acceptors (Lipinski definition) is 6. The molecule has 0 aromatic carbocycles. The zero-order valence-corrected chi connectivity index (χ0v) is 11.3. The molecule has 3 rings (SSSR count). The summed E-state index contributed by atoms with van der Waals surface area (Å²) in [6.45, 7) is 5.29. The van der Waals surface area contributed by atoms with Crippen molar-refractivity contribution in [2.45, 2.75) is 44.2 Å². The molecule has 0 spiro atoms. The van der Waals surface area contributed by atoms with Crippen molar-refractivity contribution in [2.75, 3.05) is 26.4 Å². The summed E-state index contributed by atoms with van der Waals surface area (Å²) in [5, 5.41) is 7.54. The fraction of sp³-hybridized carbons (Fsp3) is 0.846. The summed E-state index contributed by atoms with van der Waals surface area (Å²) in [5.41, 5.74) is 0. The molecule has 0 radical (unpaired) electrons. The van der Waals surface area contributed by atoms with Gasteiger partial charge in [0, 0.05) is 12.6 Å². The van der Waals surface area contributed by atoms with Gasteiger partial charge in [-0.05, 0) is 25.8 Å². The van der Waals surface area contributed by atoms with E-state index in [4.69, 9.17) is 14.0 Å². The van der Waals surface area contributed by atoms with E-state index in [1.165, 1.54) is 0 Å². The third kappa shape index (κ3) is 2.80. The zero-order chi connectivity index (χ0) is 13.1. The van der Waals surface area contributed by atoms with Gasteiger partial charge >= 0.3 is 0 Å². The van der Waals surface area contributed by atoms with Crippen LogP contribution in [0.4, 0.5) is 0 Å². The molecule has 0 amide bonds. The predicted octanol–water partition coefficient (Wildman–Crippen LogP) is 1.40. The highest BCUT2D eigenvalue weighted by atomic mass is 16.5. The zero-order valence-electron chi connectivity index (χ0n) is 11.3. The van der Waals surface area contributed by atoms with Crippen LogP contribution in [-0.2, 0) is 9.47 Å². The van der Waals surface area contributed by atoms with Gasteiger partial charge in [0.2, 0.25) is 11.7 Å². The van der Waals surface area contributed by atoms with Crippen LogP contribution in [0.1, 0.15) is 49.9 Å². The second-order valence-corrected chi connectivity index (χ2v) is 5.20. The van der Waals surface area contributed by atoms with E-state index in [1.54, 1.807) is 0 Å². The molecule has 3 heterocycles. The van der Waals surface area contributed by atoms with E-state index in [0.717, 1.165) is 32.4 Å². The quantitative estimate of drug-likeness (QED) is 0.869. The summed E-state index contributed by atoms with van der Waals surface area (Å²) in [6, 6.07) is 0.276. The van der Waals surface area contributed by atoms with E-state index in [2.05, 4.69) is 22.4 Å². The predicted molar refractivity (Wildman–Crippen MR) is 67.9 cm³/mol. The molecule has 3 unspecified atom stereocenters. The van der Waals surface area contributed by atoms with Crippen molar-refractivity contribution in [3.63, 3.8) is 0 Å². The van der Waals surface area contributed by atoms with Crippen molar-refractivity contribution in [1.29, 1.82) is 0 Å². The van der Waals surface area contributed by atoms with Gasteiger partial charge in [0.25, 0.3) is 0 Å². The lowest BCUT2D eigenvalue weighted by Crippen LogP contribution is -2.35. The van der Waals surface area contributed by atoms with Crippen LogP contribution in [0.5, 0.6) is 0 Å². The summed E-state index contributed by atoms with van der Waals surface area (Å²) in [4.78, 5) is 4.51. The van der Waals surface area contributed by atoms with E-state index in [9.17, 15) is 0 Å². The molecule has 1 N–H and O–H groups in total. The van der Waals surface area contributed by atoms with E-state index in [1.807, 2.05) is 0 Å². The van der Waals surface area contributed by atoms with Gasteiger partial charge in [-0.2, -0.15) is 4.98 Å². The standard InChI is InChI=1S/C13H21N3O3/c1-2-5-14-10-8-17-7-9(10)13-15-12(16-19-13)11-4-3-6-18-11/h9-11,14H,2-8H2,1H3. The molecule has 2 aliphatic rings. The van der Waals surface area contributed by atoms with Gasteiger partial charge in [-0.1, -0.05) is 12.1 Å². The maximum Gasteiger partial charge on any atom is 0.233 e. The minimum absolute atomic E-state index is 0.0156. The average molecular weight is 267 g/mol. The van der Waals surface area contributed by atoms with Crippen LogP contribution in [0.25, 0.3) is 0 Å². The molecule has 2 fully saturated rings. The second kappa shape index (κ2) is 5.98. The number of nitrogens with one attached hydrogen (secondary N) is 1. The molecular formula is C13H21N3O3. The Labute approximate surface area is 112 Å². The van der Waals surface area contributed by atoms with Crippen LogP contribution in [0.2, 0.25) is 0 Å². The van der Waals surface area contributed by atoms with Gasteiger partial charge in [-0.3, -0.25) is 0 Å². The van der Waals surface area contributed by atoms with Crippen molar-refractivity contribution in [1.82, 2.24) is 15.5 Å². The Hall–Kier alpha value is -0.980. The smallest absolute Gasteiger partial charge is 0.233 e. The Morgan fingerprint density at radius 1 is 1.37 bits per heavy atom. The van der Waals surface area contributed by atoms with Crippen LogP contribution >= 0.6 is 0 Å². The topological polar surface area (TPSA) is 69.4 Å². The first kappa shape index (κ1) is 13.0. The minimum Gasteiger partial charge on any atom is -0.379 e. The van der Waals surface area contributed by atoms with Crippen LogP contribution in [0.15, 0.2) is 4.52 Å². The monoisotopic (exact) mass is 267 g/mol. The average Bonchev–Trinajstić information content (AvgIpc) is 3.14. The molecule has 0 saturated carbocycles. The Morgan fingerprint density at radius 2 is 2.32 bits per heavy atom. The SMILES string of the molecule is CCCNC1COCC1c1nc(C2CCCO2)no1. The molecule has 3 atom stereocenters. The molecule has 19 heavy (non-hydrogen) atoms. The van der Waals surface area contributed by atoms with Gasteiger partial charge < -0.3 is 19.3 Å². The minimum atomic E-state index is 0.0156. The lowest BCUT2D eigenvalue weighted by Gasteiger charge is -2.15. The summed E-state index contributed by atoms with van der Waals surface area (Å²) in [7, 11) is 0. The highest BCUT2D eigenvalue weighted by molar-refractivity contribution is 5.04. The number of nitrogens with zero attached hydrogens (tertiary/aromatic N) is 2. The number of ether oxygens (including phenoxy) is 2. The summed E-state index contributed by atoms with van der Waals surface area (Å²) >= 11 is 0. The Balaban J connectivity index is 1.67. The highest BCUT2D eigenvalue weighted by Gasteiger charge is 2.34. The van der Waals surface area contributed by atoms with Gasteiger partial charge in [0.1, 0.15) is 6.10 Å². The first-order valence-corrected chi connectivity index (χ1v) is 7.14. The van der Waals surface area contributed by atoms with Gasteiger partial charge in [0.15, 0.2) is 0 Å². The van der Waals surface area contributed by atoms with Gasteiger partial charge in [-0.15, -0.1) is 0 Å². The van der Waals surface area contributed by atoms with Crippen molar-refractivity contribution in [2.24, 2.45) is 0 Å². The number of aromatic nitrogens is 2. The van der Waals surface area contributed by atoms with Crippen LogP contribution < -0.4 is 5.32 Å². The van der Waals surface area contributed by atoms with E-state index >= 15 is 0 Å². The molecule has 0 aliphatic carbocycles. The molecule has 2 saturated heterocycles. The largest absolute Gasteiger partial charge is 0.379 e. The summed E-state index contributed by atoms with van der Waals surface area (Å²) in [5.74, 6) is 1.53. The second-order valence-electron chi connectivity index (χ2n) is 5.20. The third-order valence-electron chi connectivity index (χ3n) is 3.73. The normalized spacial score (nSPS) is 31.1. The van der Waals surface area contributed by atoms with Crippen molar-refractivity contribution in [3.8, 4) is 0 Å². The van der Waals surface area contributed by atoms with E-state index < -0.39 is 0 Å². The lowest BCUT2D eigenvalue weighted by atomic mass is 10.0. The third-order valence-corrected chi connectivity index (χ3v) is 3.73. The Kier molecular flexibility index (Phi) is 4.10. The van der Waals surface area contributed by atoms with Gasteiger partial charge in [-0.25, -0.2) is 0 Å². The first-order chi connectivity index (χ1) is 9.38. The molecule has 106 valence electrons. The maximum atomic E-state index is 5.57. The Morgan fingerprint density at radius 3 is 3.11 bits per heavy atom. The van der Waals surface area contributed by atoms with Crippen molar-refractivity contribution in [3.05, 3.63) is 11.7 Å². The van der Waals surface area contributed by atoms with Gasteiger partial charge in [0.05, 0.1) is 19.1 Å². The van der Waals surface area contributed by atoms with Crippen molar-refractivity contribution >= 4 is 0 Å². The Bertz CT molecular complexity index is 404. The molecule has 6 heteroatoms. The lowest BCUT2D eigenvalue weighted by molar-refractivity contribution is 0.103. The fourth-order valence-electron chi connectivity index (χ4n) is 2.64.